The highest BCUT2D eigenvalue weighted by Crippen LogP contribution is 2.37. The number of carbonyl (C=O) groups is 1. The van der Waals surface area contributed by atoms with Gasteiger partial charge in [-0.05, 0) is 38.3 Å². The zero-order chi connectivity index (χ0) is 25.3. The normalized spacial score (nSPS) is 10.9. The Labute approximate surface area is 204 Å². The number of rotatable bonds is 13. The van der Waals surface area contributed by atoms with Crippen LogP contribution in [0.2, 0.25) is 5.02 Å². The third kappa shape index (κ3) is 6.34. The fraction of sp³-hybridized carbons (Fsp3) is 0.542. The molecule has 1 heterocycles. The average molecular weight is 495 g/mol. The predicted molar refractivity (Wildman–Crippen MR) is 136 cm³/mol. The van der Waals surface area contributed by atoms with Gasteiger partial charge in [-0.2, -0.15) is 0 Å². The van der Waals surface area contributed by atoms with Crippen molar-refractivity contribution in [3.05, 3.63) is 43.6 Å². The molecule has 0 aliphatic heterocycles. The number of unbranched alkanes of at least 4 members (excludes halogenated alkanes) is 2. The molecule has 0 bridgehead atoms. The summed E-state index contributed by atoms with van der Waals surface area (Å²) in [5.41, 5.74) is 5.15. The van der Waals surface area contributed by atoms with Gasteiger partial charge in [0, 0.05) is 18.7 Å². The first-order valence-corrected chi connectivity index (χ1v) is 12.2. The molecule has 188 valence electrons. The molecule has 0 aliphatic rings. The number of aromatic amines is 1. The van der Waals surface area contributed by atoms with Crippen LogP contribution in [0.5, 0.6) is 11.5 Å². The van der Waals surface area contributed by atoms with Crippen molar-refractivity contribution < 1.29 is 14.3 Å². The lowest BCUT2D eigenvalue weighted by Crippen LogP contribution is -2.41. The second-order valence-electron chi connectivity index (χ2n) is 7.88. The summed E-state index contributed by atoms with van der Waals surface area (Å²) >= 11 is 6.46. The molecule has 0 saturated carbocycles. The van der Waals surface area contributed by atoms with E-state index in [9.17, 15) is 14.4 Å². The van der Waals surface area contributed by atoms with Gasteiger partial charge in [-0.1, -0.05) is 45.2 Å². The lowest BCUT2D eigenvalue weighted by molar-refractivity contribution is 0.0985. The van der Waals surface area contributed by atoms with Gasteiger partial charge >= 0.3 is 5.69 Å². The fourth-order valence-corrected chi connectivity index (χ4v) is 3.73. The van der Waals surface area contributed by atoms with Crippen molar-refractivity contribution in [2.45, 2.75) is 66.3 Å². The van der Waals surface area contributed by atoms with Crippen LogP contribution in [-0.2, 0) is 6.54 Å². The molecule has 2 rings (SSSR count). The third-order valence-electron chi connectivity index (χ3n) is 5.21. The van der Waals surface area contributed by atoms with Crippen LogP contribution >= 0.6 is 11.6 Å². The smallest absolute Gasteiger partial charge is 0.330 e. The highest BCUT2D eigenvalue weighted by Gasteiger charge is 2.26. The predicted octanol–water partition coefficient (Wildman–Crippen LogP) is 4.21. The first kappa shape index (κ1) is 27.3. The van der Waals surface area contributed by atoms with Gasteiger partial charge in [0.15, 0.2) is 17.2 Å². The van der Waals surface area contributed by atoms with Crippen LogP contribution in [0.3, 0.4) is 0 Å². The first-order valence-electron chi connectivity index (χ1n) is 11.8. The molecule has 0 saturated heterocycles. The summed E-state index contributed by atoms with van der Waals surface area (Å²) in [4.78, 5) is 42.5. The van der Waals surface area contributed by atoms with Gasteiger partial charge in [0.25, 0.3) is 11.5 Å². The standard InChI is InChI=1S/C24H35ClN4O5/c1-5-9-11-28(19-21(26)29(12-10-6-2)24(32)27-22(19)30)23(31)16-14-17(25)20(34-13-7-3)18(15-16)33-8-4/h14-15H,5-13,26H2,1-4H3,(H,27,30,32). The zero-order valence-electron chi connectivity index (χ0n) is 20.4. The van der Waals surface area contributed by atoms with Crippen molar-refractivity contribution >= 4 is 29.0 Å². The van der Waals surface area contributed by atoms with Crippen LogP contribution in [0.4, 0.5) is 11.5 Å². The number of nitrogen functional groups attached to an aromatic ring is 1. The molecule has 9 nitrogen and oxygen atoms in total. The molecule has 10 heteroatoms. The second-order valence-corrected chi connectivity index (χ2v) is 8.28. The Morgan fingerprint density at radius 1 is 1.09 bits per heavy atom. The quantitative estimate of drug-likeness (QED) is 0.430. The minimum absolute atomic E-state index is 0.0364. The molecule has 3 N–H and O–H groups in total. The molecular formula is C24H35ClN4O5. The number of hydrogen-bond donors (Lipinski definition) is 2. The van der Waals surface area contributed by atoms with Crippen LogP contribution in [-0.4, -0.2) is 35.2 Å². The number of nitrogens with two attached hydrogens (primary N) is 1. The van der Waals surface area contributed by atoms with Gasteiger partial charge < -0.3 is 20.1 Å². The highest BCUT2D eigenvalue weighted by molar-refractivity contribution is 6.32. The van der Waals surface area contributed by atoms with Crippen molar-refractivity contribution in [2.24, 2.45) is 0 Å². The molecule has 0 atom stereocenters. The molecule has 0 fully saturated rings. The van der Waals surface area contributed by atoms with Crippen LogP contribution in [0.25, 0.3) is 0 Å². The summed E-state index contributed by atoms with van der Waals surface area (Å²) in [6, 6.07) is 3.05. The summed E-state index contributed by atoms with van der Waals surface area (Å²) < 4.78 is 12.7. The van der Waals surface area contributed by atoms with Crippen molar-refractivity contribution in [3.8, 4) is 11.5 Å². The number of hydrogen-bond acceptors (Lipinski definition) is 6. The Balaban J connectivity index is 2.62. The maximum absolute atomic E-state index is 13.7. The number of carbonyl (C=O) groups excluding carboxylic acids is 1. The van der Waals surface area contributed by atoms with Crippen molar-refractivity contribution in [1.82, 2.24) is 9.55 Å². The van der Waals surface area contributed by atoms with Gasteiger partial charge in [0.2, 0.25) is 0 Å². The molecule has 1 aromatic heterocycles. The fourth-order valence-electron chi connectivity index (χ4n) is 3.46. The van der Waals surface area contributed by atoms with E-state index in [-0.39, 0.29) is 28.6 Å². The Hall–Kier alpha value is -2.94. The molecule has 0 radical (unpaired) electrons. The zero-order valence-corrected chi connectivity index (χ0v) is 21.2. The van der Waals surface area contributed by atoms with Crippen molar-refractivity contribution in [1.29, 1.82) is 0 Å². The van der Waals surface area contributed by atoms with E-state index in [4.69, 9.17) is 26.8 Å². The lowest BCUT2D eigenvalue weighted by Gasteiger charge is -2.25. The number of halogens is 1. The maximum atomic E-state index is 13.7. The van der Waals surface area contributed by atoms with Crippen molar-refractivity contribution in [3.63, 3.8) is 0 Å². The minimum Gasteiger partial charge on any atom is -0.490 e. The molecule has 2 aromatic rings. The minimum atomic E-state index is -0.710. The molecule has 0 unspecified atom stereocenters. The van der Waals surface area contributed by atoms with E-state index in [1.807, 2.05) is 27.7 Å². The summed E-state index contributed by atoms with van der Waals surface area (Å²) in [6.45, 7) is 9.13. The monoisotopic (exact) mass is 494 g/mol. The summed E-state index contributed by atoms with van der Waals surface area (Å²) in [5, 5.41) is 0.230. The van der Waals surface area contributed by atoms with Gasteiger partial charge in [-0.25, -0.2) is 4.79 Å². The van der Waals surface area contributed by atoms with E-state index >= 15 is 0 Å². The van der Waals surface area contributed by atoms with E-state index in [1.54, 1.807) is 6.07 Å². The summed E-state index contributed by atoms with van der Waals surface area (Å²) in [7, 11) is 0. The number of aromatic nitrogens is 2. The Morgan fingerprint density at radius 2 is 1.79 bits per heavy atom. The van der Waals surface area contributed by atoms with E-state index < -0.39 is 17.2 Å². The lowest BCUT2D eigenvalue weighted by atomic mass is 10.1. The van der Waals surface area contributed by atoms with Crippen LogP contribution in [0.1, 0.15) is 70.2 Å². The highest BCUT2D eigenvalue weighted by atomic mass is 35.5. The molecular weight excluding hydrogens is 460 g/mol. The Bertz CT molecular complexity index is 1100. The number of nitrogens with one attached hydrogen (secondary N) is 1. The second kappa shape index (κ2) is 13.1. The number of nitrogens with zero attached hydrogens (tertiary/aromatic N) is 2. The molecule has 34 heavy (non-hydrogen) atoms. The largest absolute Gasteiger partial charge is 0.490 e. The van der Waals surface area contributed by atoms with E-state index in [0.29, 0.717) is 44.1 Å². The average Bonchev–Trinajstić information content (AvgIpc) is 2.80. The van der Waals surface area contributed by atoms with Gasteiger partial charge in [0.1, 0.15) is 5.82 Å². The van der Waals surface area contributed by atoms with Gasteiger partial charge in [0.05, 0.1) is 18.2 Å². The molecule has 0 spiro atoms. The summed E-state index contributed by atoms with van der Waals surface area (Å²) in [6.07, 6.45) is 3.73. The number of amides is 1. The molecule has 1 aromatic carbocycles. The van der Waals surface area contributed by atoms with Crippen LogP contribution < -0.4 is 31.4 Å². The number of anilines is 2. The number of benzene rings is 1. The number of H-pyrrole nitrogens is 1. The Morgan fingerprint density at radius 3 is 2.41 bits per heavy atom. The van der Waals surface area contributed by atoms with E-state index in [2.05, 4.69) is 4.98 Å². The number of ether oxygens (including phenoxy) is 2. The van der Waals surface area contributed by atoms with Gasteiger partial charge in [-0.3, -0.25) is 19.1 Å². The molecule has 0 aliphatic carbocycles. The summed E-state index contributed by atoms with van der Waals surface area (Å²) in [5.74, 6) is 0.200. The SMILES string of the molecule is CCCCN(C(=O)c1cc(Cl)c(OCCC)c(OCC)c1)c1c(N)n(CCCC)c(=O)[nH]c1=O. The van der Waals surface area contributed by atoms with E-state index in [0.717, 1.165) is 19.3 Å². The van der Waals surface area contributed by atoms with Gasteiger partial charge in [-0.15, -0.1) is 0 Å². The van der Waals surface area contributed by atoms with Crippen LogP contribution in [0.15, 0.2) is 21.7 Å². The van der Waals surface area contributed by atoms with Crippen molar-refractivity contribution in [2.75, 3.05) is 30.4 Å². The third-order valence-corrected chi connectivity index (χ3v) is 5.49. The molecule has 1 amide bonds. The van der Waals surface area contributed by atoms with Crippen LogP contribution in [0, 0.1) is 0 Å². The topological polar surface area (TPSA) is 120 Å². The first-order chi connectivity index (χ1) is 16.3. The maximum Gasteiger partial charge on any atom is 0.330 e. The van der Waals surface area contributed by atoms with E-state index in [1.165, 1.54) is 15.5 Å². The Kier molecular flexibility index (Phi) is 10.5.